The number of benzene rings is 6. The molecule has 0 saturated heterocycles. The second-order valence-corrected chi connectivity index (χ2v) is 20.8. The van der Waals surface area contributed by atoms with Gasteiger partial charge in [-0.05, 0) is 203 Å². The fourth-order valence-corrected chi connectivity index (χ4v) is 9.81. The molecule has 0 unspecified atom stereocenters. The molecular weight excluding hydrogens is 1200 g/mol. The van der Waals surface area contributed by atoms with Crippen LogP contribution in [0.3, 0.4) is 0 Å². The van der Waals surface area contributed by atoms with E-state index >= 15 is 0 Å². The molecule has 0 aliphatic rings. The number of carbonyl (C=O) groups is 2. The Morgan fingerprint density at radius 2 is 0.772 bits per heavy atom. The molecule has 0 fully saturated rings. The minimum atomic E-state index is -0.509. The van der Waals surface area contributed by atoms with Crippen molar-refractivity contribution in [2.24, 2.45) is 0 Å². The van der Waals surface area contributed by atoms with Crippen LogP contribution >= 0.6 is 57.7 Å². The average molecular weight is 1270 g/mol. The van der Waals surface area contributed by atoms with Gasteiger partial charge < -0.3 is 9.84 Å². The molecular formula is C66H63BClO4S5VY-. The minimum Gasteiger partial charge on any atom is 0 e. The van der Waals surface area contributed by atoms with Gasteiger partial charge in [0.25, 0.3) is 0 Å². The standard InChI is InChI=1S/C23H22O2S.C20H20OS.C20H18S.C3H3ClO.BS2.V.Y/c1-2-23(24)25-15-4-3-5-18-6-8-19(9-7-18)20-10-12-21(13-11-20)22-14-16-26-17-22;21-13-2-1-3-16-4-6-17(7-5-16)18-8-10-19(11-9-18)20-12-14-22-15-20;1-2-3-4-16-5-7-17(8-6-16)18-9-11-19(12-10-18)20-13-14-21-15-20;1-2-3(4)5;2-1-3;;/h2,6-14,16-17H,1,3-5,15H2;4-12,14-15,21H,1-3,13H2;2,5-15H,1,3-4H2;2H,1H2;;;/q;;;;-1;;. The number of aliphatic hydroxyl groups excluding tert-OH is 1. The van der Waals surface area contributed by atoms with Gasteiger partial charge in [0.2, 0.25) is 5.24 Å². The summed E-state index contributed by atoms with van der Waals surface area (Å²) in [5, 5.41) is 21.2. The SMILES string of the molecule is C=CC(=O)Cl.C=CC(=O)OCCCCc1ccc(-c2ccc(-c3ccsc3)cc2)cc1.C=CCCc1ccc(-c2ccc(-c3ccsc3)cc2)cc1.OCCCCc1ccc(-c2ccc(-c3ccsc3)cc2)cc1.S=B[S-].[V].[Y]. The average Bonchev–Trinajstić information content (AvgIpc) is 4.34. The van der Waals surface area contributed by atoms with E-state index in [4.69, 9.17) is 21.4 Å². The molecule has 2 radical (unpaired) electrons. The van der Waals surface area contributed by atoms with Gasteiger partial charge in [0.05, 0.1) is 6.61 Å². The molecule has 3 heterocycles. The number of esters is 1. The zero-order valence-electron chi connectivity index (χ0n) is 44.2. The quantitative estimate of drug-likeness (QED) is 0.0156. The van der Waals surface area contributed by atoms with Crippen LogP contribution in [-0.4, -0.2) is 35.0 Å². The maximum Gasteiger partial charge on any atom is 0 e. The molecule has 13 heteroatoms. The second kappa shape index (κ2) is 40.4. The van der Waals surface area contributed by atoms with Crippen LogP contribution in [0.1, 0.15) is 48.8 Å². The van der Waals surface area contributed by atoms with Crippen molar-refractivity contribution in [3.8, 4) is 66.8 Å². The van der Waals surface area contributed by atoms with Crippen LogP contribution in [-0.2, 0) is 97.3 Å². The number of hydrogen-bond donors (Lipinski definition) is 1. The van der Waals surface area contributed by atoms with Crippen LogP contribution in [0.25, 0.3) is 66.8 Å². The Morgan fingerprint density at radius 1 is 0.494 bits per heavy atom. The third-order valence-corrected chi connectivity index (χ3v) is 14.2. The molecule has 6 aromatic carbocycles. The molecule has 0 saturated carbocycles. The molecule has 0 atom stereocenters. The number of aliphatic hydroxyl groups is 1. The van der Waals surface area contributed by atoms with E-state index in [-0.39, 0.29) is 63.8 Å². The van der Waals surface area contributed by atoms with E-state index in [1.165, 1.54) is 95.0 Å². The number of aryl methyl sites for hydroxylation is 3. The first-order valence-corrected chi connectivity index (χ1v) is 29.4. The van der Waals surface area contributed by atoms with Crippen molar-refractivity contribution >= 4 is 86.8 Å². The molecule has 0 bridgehead atoms. The van der Waals surface area contributed by atoms with E-state index in [9.17, 15) is 9.59 Å². The first-order chi connectivity index (χ1) is 37.7. The predicted molar refractivity (Wildman–Crippen MR) is 340 cm³/mol. The zero-order chi connectivity index (χ0) is 54.9. The van der Waals surface area contributed by atoms with Crippen LogP contribution in [0.15, 0.2) is 234 Å². The van der Waals surface area contributed by atoms with Crippen molar-refractivity contribution in [2.45, 2.75) is 51.4 Å². The first kappa shape index (κ1) is 68.5. The molecule has 400 valence electrons. The number of halogens is 1. The van der Waals surface area contributed by atoms with Crippen LogP contribution in [0.4, 0.5) is 0 Å². The number of allylic oxidation sites excluding steroid dienone is 2. The molecule has 0 spiro atoms. The normalized spacial score (nSPS) is 9.75. The fourth-order valence-electron chi connectivity index (χ4n) is 7.82. The number of carbonyl (C=O) groups excluding carboxylic acids is 2. The molecule has 3 aromatic heterocycles. The van der Waals surface area contributed by atoms with Crippen LogP contribution in [0.5, 0.6) is 0 Å². The van der Waals surface area contributed by atoms with Crippen molar-refractivity contribution in [3.05, 3.63) is 251 Å². The summed E-state index contributed by atoms with van der Waals surface area (Å²) in [6, 6.07) is 59.0. The number of unbranched alkanes of at least 4 members (excludes halogenated alkanes) is 2. The number of thiophene rings is 3. The minimum absolute atomic E-state index is 0. The van der Waals surface area contributed by atoms with Gasteiger partial charge in [-0.15, -0.1) is 6.58 Å². The maximum atomic E-state index is 11.0. The van der Waals surface area contributed by atoms with Crippen LogP contribution in [0.2, 0.25) is 0 Å². The summed E-state index contributed by atoms with van der Waals surface area (Å²) in [6.07, 6.45) is 12.1. The summed E-state index contributed by atoms with van der Waals surface area (Å²) < 4.78 is 4.99. The monoisotopic (exact) mass is 1270 g/mol. The van der Waals surface area contributed by atoms with Crippen molar-refractivity contribution in [1.82, 2.24) is 0 Å². The number of ether oxygens (including phenoxy) is 1. The first-order valence-electron chi connectivity index (χ1n) is 25.2. The summed E-state index contributed by atoms with van der Waals surface area (Å²) in [6.45, 7) is 11.0. The van der Waals surface area contributed by atoms with Gasteiger partial charge in [0, 0.05) is 63.9 Å². The summed E-state index contributed by atoms with van der Waals surface area (Å²) in [5.74, 6) is -0.348. The van der Waals surface area contributed by atoms with Gasteiger partial charge in [0.1, 0.15) is 0 Å². The van der Waals surface area contributed by atoms with Crippen LogP contribution < -0.4 is 0 Å². The van der Waals surface area contributed by atoms with Gasteiger partial charge in [-0.2, -0.15) is 34.0 Å². The van der Waals surface area contributed by atoms with Crippen LogP contribution in [0, 0.1) is 0 Å². The molecule has 79 heavy (non-hydrogen) atoms. The van der Waals surface area contributed by atoms with E-state index in [1.54, 1.807) is 34.0 Å². The number of rotatable bonds is 20. The Labute approximate surface area is 534 Å². The van der Waals surface area contributed by atoms with E-state index in [0.717, 1.165) is 57.4 Å². The molecule has 0 aliphatic heterocycles. The van der Waals surface area contributed by atoms with Crippen molar-refractivity contribution in [1.29, 1.82) is 0 Å². The van der Waals surface area contributed by atoms with Gasteiger partial charge in [-0.25, -0.2) is 4.79 Å². The van der Waals surface area contributed by atoms with Crippen molar-refractivity contribution in [3.63, 3.8) is 0 Å². The number of hydrogen-bond acceptors (Lipinski definition) is 9. The van der Waals surface area contributed by atoms with E-state index < -0.39 is 5.24 Å². The van der Waals surface area contributed by atoms with E-state index in [1.807, 2.05) is 6.08 Å². The molecule has 1 N–H and O–H groups in total. The Balaban J connectivity index is 0.000000289. The largest absolute Gasteiger partial charge is 0 e. The Bertz CT molecular complexity index is 3100. The smallest absolute Gasteiger partial charge is 0 e. The van der Waals surface area contributed by atoms with E-state index in [0.29, 0.717) is 6.61 Å². The van der Waals surface area contributed by atoms with Crippen molar-refractivity contribution in [2.75, 3.05) is 13.2 Å². The summed E-state index contributed by atoms with van der Waals surface area (Å²) in [5.41, 5.74) is 20.3. The maximum absolute atomic E-state index is 11.0. The Morgan fingerprint density at radius 3 is 1.03 bits per heavy atom. The molecule has 9 rings (SSSR count). The fraction of sp³-hybridized carbons (Fsp3) is 0.152. The molecule has 0 amide bonds. The molecule has 0 aliphatic carbocycles. The Kier molecular flexibility index (Phi) is 35.0. The Hall–Kier alpha value is -4.78. The second-order valence-electron chi connectivity index (χ2n) is 17.3. The third kappa shape index (κ3) is 25.3. The summed E-state index contributed by atoms with van der Waals surface area (Å²) >= 11 is 18.1. The molecule has 9 aromatic rings. The van der Waals surface area contributed by atoms with Gasteiger partial charge in [0.15, 0.2) is 0 Å². The summed E-state index contributed by atoms with van der Waals surface area (Å²) in [4.78, 5) is 20.4. The zero-order valence-corrected chi connectivity index (χ0v) is 53.2. The predicted octanol–water partition coefficient (Wildman–Crippen LogP) is 18.9. The summed E-state index contributed by atoms with van der Waals surface area (Å²) in [7, 11) is 0. The van der Waals surface area contributed by atoms with Gasteiger partial charge in [-0.1, -0.05) is 165 Å². The third-order valence-electron chi connectivity index (χ3n) is 12.0. The topological polar surface area (TPSA) is 63.6 Å². The van der Waals surface area contributed by atoms with Crippen molar-refractivity contribution < 1.29 is 70.7 Å². The van der Waals surface area contributed by atoms with E-state index in [2.05, 4.69) is 240 Å². The molecule has 4 nitrogen and oxygen atoms in total. The van der Waals surface area contributed by atoms with Gasteiger partial charge >= 0.3 is 35.9 Å². The van der Waals surface area contributed by atoms with Gasteiger partial charge in [-0.3, -0.25) is 4.79 Å².